The summed E-state index contributed by atoms with van der Waals surface area (Å²) in [5.41, 5.74) is 6.79. The van der Waals surface area contributed by atoms with E-state index in [4.69, 9.17) is 0 Å². The first-order chi connectivity index (χ1) is 11.4. The van der Waals surface area contributed by atoms with Crippen LogP contribution in [0.3, 0.4) is 0 Å². The Morgan fingerprint density at radius 2 is 1.74 bits per heavy atom. The molecule has 2 aromatic heterocycles. The molecule has 110 valence electrons. The van der Waals surface area contributed by atoms with E-state index in [2.05, 4.69) is 36.4 Å². The van der Waals surface area contributed by atoms with Crippen LogP contribution in [0.2, 0.25) is 0 Å². The fourth-order valence-electron chi connectivity index (χ4n) is 3.96. The number of pyridine rings is 1. The summed E-state index contributed by atoms with van der Waals surface area (Å²) < 4.78 is 1.96. The molecule has 23 heavy (non-hydrogen) atoms. The summed E-state index contributed by atoms with van der Waals surface area (Å²) in [6.07, 6.45) is 5.15. The number of aromatic nitrogens is 1. The molecule has 0 fully saturated rings. The maximum Gasteiger partial charge on any atom is 0.167 e. The van der Waals surface area contributed by atoms with Crippen LogP contribution < -0.4 is 0 Å². The Morgan fingerprint density at radius 3 is 2.61 bits per heavy atom. The molecular weight excluding hydrogens is 282 g/mol. The van der Waals surface area contributed by atoms with Crippen molar-refractivity contribution in [2.24, 2.45) is 0 Å². The normalized spacial score (nSPS) is 13.0. The lowest BCUT2D eigenvalue weighted by Crippen LogP contribution is -1.92. The molecule has 1 aliphatic rings. The van der Waals surface area contributed by atoms with Gasteiger partial charge < -0.3 is 4.40 Å². The molecule has 2 heteroatoms. The zero-order chi connectivity index (χ0) is 15.4. The van der Waals surface area contributed by atoms with Gasteiger partial charge >= 0.3 is 0 Å². The molecule has 0 N–H and O–H groups in total. The van der Waals surface area contributed by atoms with Crippen LogP contribution in [0.25, 0.3) is 27.4 Å². The molecule has 2 aromatic carbocycles. The van der Waals surface area contributed by atoms with Crippen LogP contribution in [-0.2, 0) is 12.8 Å². The highest BCUT2D eigenvalue weighted by atomic mass is 16.1. The molecule has 0 saturated carbocycles. The second kappa shape index (κ2) is 4.56. The van der Waals surface area contributed by atoms with E-state index in [9.17, 15) is 4.79 Å². The maximum atomic E-state index is 11.7. The molecule has 2 nitrogen and oxygen atoms in total. The van der Waals surface area contributed by atoms with Gasteiger partial charge in [-0.25, -0.2) is 0 Å². The molecule has 0 amide bonds. The minimum Gasteiger partial charge on any atom is -0.314 e. The quantitative estimate of drug-likeness (QED) is 0.493. The summed E-state index contributed by atoms with van der Waals surface area (Å²) >= 11 is 0. The van der Waals surface area contributed by atoms with Crippen molar-refractivity contribution in [2.45, 2.75) is 12.8 Å². The third-order valence-electron chi connectivity index (χ3n) is 5.00. The fraction of sp³-hybridized carbons (Fsp3) is 0.0952. The number of aryl methyl sites for hydroxylation is 2. The molecule has 0 spiro atoms. The van der Waals surface area contributed by atoms with Crippen LogP contribution in [0.5, 0.6) is 0 Å². The highest BCUT2D eigenvalue weighted by Crippen LogP contribution is 2.38. The van der Waals surface area contributed by atoms with Crippen molar-refractivity contribution in [3.8, 4) is 11.1 Å². The topological polar surface area (TPSA) is 21.5 Å². The van der Waals surface area contributed by atoms with Crippen molar-refractivity contribution in [3.63, 3.8) is 0 Å². The SMILES string of the molecule is O=Cc1c(-c2ccc3c4c(cccc24)CC3)cc2ccccn12. The van der Waals surface area contributed by atoms with E-state index in [0.717, 1.165) is 41.5 Å². The van der Waals surface area contributed by atoms with Crippen LogP contribution in [-0.4, -0.2) is 10.7 Å². The van der Waals surface area contributed by atoms with Gasteiger partial charge in [-0.2, -0.15) is 0 Å². The highest BCUT2D eigenvalue weighted by molar-refractivity contribution is 6.04. The van der Waals surface area contributed by atoms with E-state index in [0.29, 0.717) is 0 Å². The van der Waals surface area contributed by atoms with Crippen molar-refractivity contribution >= 4 is 22.6 Å². The lowest BCUT2D eigenvalue weighted by atomic mass is 9.95. The van der Waals surface area contributed by atoms with E-state index in [-0.39, 0.29) is 0 Å². The van der Waals surface area contributed by atoms with Crippen LogP contribution in [0, 0.1) is 0 Å². The molecule has 4 aromatic rings. The Bertz CT molecular complexity index is 1080. The summed E-state index contributed by atoms with van der Waals surface area (Å²) in [6.45, 7) is 0. The zero-order valence-electron chi connectivity index (χ0n) is 12.6. The lowest BCUT2D eigenvalue weighted by molar-refractivity contribution is 0.111. The van der Waals surface area contributed by atoms with Crippen LogP contribution in [0.15, 0.2) is 60.8 Å². The van der Waals surface area contributed by atoms with Gasteiger partial charge in [-0.1, -0.05) is 36.4 Å². The largest absolute Gasteiger partial charge is 0.314 e. The minimum atomic E-state index is 0.722. The smallest absolute Gasteiger partial charge is 0.167 e. The van der Waals surface area contributed by atoms with Gasteiger partial charge in [0.25, 0.3) is 0 Å². The molecule has 5 rings (SSSR count). The van der Waals surface area contributed by atoms with Crippen LogP contribution in [0.4, 0.5) is 0 Å². The van der Waals surface area contributed by atoms with Crippen LogP contribution >= 0.6 is 0 Å². The molecule has 0 unspecified atom stereocenters. The number of nitrogens with zero attached hydrogens (tertiary/aromatic N) is 1. The maximum absolute atomic E-state index is 11.7. The average molecular weight is 297 g/mol. The number of fused-ring (bicyclic) bond motifs is 1. The third kappa shape index (κ3) is 1.66. The van der Waals surface area contributed by atoms with E-state index >= 15 is 0 Å². The molecule has 0 bridgehead atoms. The summed E-state index contributed by atoms with van der Waals surface area (Å²) in [7, 11) is 0. The Kier molecular flexibility index (Phi) is 2.51. The van der Waals surface area contributed by atoms with E-state index in [1.807, 2.05) is 28.8 Å². The van der Waals surface area contributed by atoms with E-state index in [1.165, 1.54) is 21.9 Å². The second-order valence-electron chi connectivity index (χ2n) is 6.17. The van der Waals surface area contributed by atoms with Gasteiger partial charge in [-0.15, -0.1) is 0 Å². The van der Waals surface area contributed by atoms with E-state index < -0.39 is 0 Å². The first-order valence-corrected chi connectivity index (χ1v) is 7.96. The lowest BCUT2D eigenvalue weighted by Gasteiger charge is -2.08. The van der Waals surface area contributed by atoms with Gasteiger partial charge in [0.1, 0.15) is 0 Å². The summed E-state index contributed by atoms with van der Waals surface area (Å²) in [6, 6.07) is 19.0. The van der Waals surface area contributed by atoms with Gasteiger partial charge in [0, 0.05) is 17.3 Å². The first-order valence-electron chi connectivity index (χ1n) is 7.96. The second-order valence-corrected chi connectivity index (χ2v) is 6.17. The van der Waals surface area contributed by atoms with Crippen molar-refractivity contribution in [1.29, 1.82) is 0 Å². The van der Waals surface area contributed by atoms with Gasteiger partial charge in [-0.05, 0) is 58.5 Å². The Hall–Kier alpha value is -2.87. The zero-order valence-corrected chi connectivity index (χ0v) is 12.6. The van der Waals surface area contributed by atoms with Crippen molar-refractivity contribution in [3.05, 3.63) is 77.6 Å². The Morgan fingerprint density at radius 1 is 0.870 bits per heavy atom. The van der Waals surface area contributed by atoms with Gasteiger partial charge in [0.05, 0.1) is 5.69 Å². The van der Waals surface area contributed by atoms with Gasteiger partial charge in [0.2, 0.25) is 0 Å². The first kappa shape index (κ1) is 12.7. The van der Waals surface area contributed by atoms with Gasteiger partial charge in [0.15, 0.2) is 6.29 Å². The van der Waals surface area contributed by atoms with Crippen molar-refractivity contribution in [2.75, 3.05) is 0 Å². The van der Waals surface area contributed by atoms with Crippen molar-refractivity contribution in [1.82, 2.24) is 4.40 Å². The molecular formula is C21H15NO. The predicted octanol–water partition coefficient (Wildman–Crippen LogP) is 4.67. The number of carbonyl (C=O) groups excluding carboxylic acids is 1. The standard InChI is InChI=1S/C21H15NO/c23-13-20-19(12-16-5-1-2-11-22(16)20)17-10-9-15-8-7-14-4-3-6-18(17)21(14)15/h1-6,9-13H,7-8H2. The molecule has 0 radical (unpaired) electrons. The average Bonchev–Trinajstić information content (AvgIpc) is 3.18. The molecule has 0 aliphatic heterocycles. The molecule has 2 heterocycles. The number of hydrogen-bond acceptors (Lipinski definition) is 1. The number of aldehydes is 1. The number of rotatable bonds is 2. The molecule has 0 atom stereocenters. The van der Waals surface area contributed by atoms with Crippen LogP contribution in [0.1, 0.15) is 21.6 Å². The van der Waals surface area contributed by atoms with E-state index in [1.54, 1.807) is 0 Å². The number of carbonyl (C=O) groups is 1. The monoisotopic (exact) mass is 297 g/mol. The number of hydrogen-bond donors (Lipinski definition) is 0. The summed E-state index contributed by atoms with van der Waals surface area (Å²) in [5, 5.41) is 2.65. The third-order valence-corrected chi connectivity index (χ3v) is 5.00. The highest BCUT2D eigenvalue weighted by Gasteiger charge is 2.19. The molecule has 0 saturated heterocycles. The Balaban J connectivity index is 1.91. The van der Waals surface area contributed by atoms with Crippen molar-refractivity contribution < 1.29 is 4.79 Å². The molecule has 1 aliphatic carbocycles. The predicted molar refractivity (Wildman–Crippen MR) is 93.1 cm³/mol. The summed E-state index contributed by atoms with van der Waals surface area (Å²) in [4.78, 5) is 11.7. The minimum absolute atomic E-state index is 0.722. The Labute approximate surface area is 134 Å². The van der Waals surface area contributed by atoms with Gasteiger partial charge in [-0.3, -0.25) is 4.79 Å². The fourth-order valence-corrected chi connectivity index (χ4v) is 3.96. The number of benzene rings is 2. The summed E-state index contributed by atoms with van der Waals surface area (Å²) in [5.74, 6) is 0.